The minimum atomic E-state index is 0.586. The molecule has 0 aromatic heterocycles. The van der Waals surface area contributed by atoms with E-state index in [0.29, 0.717) is 5.41 Å². The van der Waals surface area contributed by atoms with Crippen LogP contribution in [0.5, 0.6) is 0 Å². The van der Waals surface area contributed by atoms with Crippen molar-refractivity contribution >= 4 is 6.08 Å². The lowest BCUT2D eigenvalue weighted by Gasteiger charge is -2.41. The van der Waals surface area contributed by atoms with Crippen molar-refractivity contribution in [1.29, 1.82) is 0 Å². The first-order valence-electron chi connectivity index (χ1n) is 12.8. The van der Waals surface area contributed by atoms with Crippen LogP contribution in [0.1, 0.15) is 72.4 Å². The molecule has 2 saturated carbocycles. The number of hydrogen-bond acceptors (Lipinski definition) is 0. The van der Waals surface area contributed by atoms with Gasteiger partial charge in [0.15, 0.2) is 0 Å². The third-order valence-corrected chi connectivity index (χ3v) is 9.67. The Kier molecular flexibility index (Phi) is 4.83. The number of hydrogen-bond donors (Lipinski definition) is 0. The van der Waals surface area contributed by atoms with Crippen LogP contribution in [0.15, 0.2) is 65.8 Å². The van der Waals surface area contributed by atoms with Crippen LogP contribution in [0, 0.1) is 37.0 Å². The van der Waals surface area contributed by atoms with Crippen molar-refractivity contribution in [3.8, 4) is 0 Å². The maximum Gasteiger partial charge on any atom is -0.000867 e. The fourth-order valence-electron chi connectivity index (χ4n) is 7.36. The van der Waals surface area contributed by atoms with E-state index in [1.165, 1.54) is 66.3 Å². The zero-order chi connectivity index (χ0) is 21.9. The fraction of sp³-hybridized carbons (Fsp3) is 0.438. The maximum absolute atomic E-state index is 2.56. The molecule has 0 nitrogen and oxygen atoms in total. The van der Waals surface area contributed by atoms with E-state index < -0.39 is 0 Å². The lowest BCUT2D eigenvalue weighted by atomic mass is 9.63. The molecule has 2 fully saturated rings. The summed E-state index contributed by atoms with van der Waals surface area (Å²) in [4.78, 5) is 0. The predicted molar refractivity (Wildman–Crippen MR) is 136 cm³/mol. The molecule has 6 rings (SSSR count). The highest BCUT2D eigenvalue weighted by Crippen LogP contribution is 2.60. The van der Waals surface area contributed by atoms with Gasteiger partial charge in [0.2, 0.25) is 0 Å². The van der Waals surface area contributed by atoms with Crippen molar-refractivity contribution in [1.82, 2.24) is 0 Å². The van der Waals surface area contributed by atoms with Crippen molar-refractivity contribution in [2.75, 3.05) is 0 Å². The van der Waals surface area contributed by atoms with Gasteiger partial charge in [0, 0.05) is 0 Å². The first kappa shape index (κ1) is 20.3. The first-order chi connectivity index (χ1) is 15.5. The highest BCUT2D eigenvalue weighted by Gasteiger charge is 2.49. The smallest absolute Gasteiger partial charge is 0.000867 e. The monoisotopic (exact) mass is 420 g/mol. The quantitative estimate of drug-likeness (QED) is 0.470. The molecular formula is C32H36. The van der Waals surface area contributed by atoms with Crippen molar-refractivity contribution in [3.05, 3.63) is 99.2 Å². The molecule has 0 aliphatic heterocycles. The Morgan fingerprint density at radius 3 is 2.69 bits per heavy atom. The molecule has 32 heavy (non-hydrogen) atoms. The largest absolute Gasteiger partial charge is 0.0773 e. The average Bonchev–Trinajstić information content (AvgIpc) is 3.48. The maximum atomic E-state index is 2.56. The van der Waals surface area contributed by atoms with Crippen molar-refractivity contribution < 1.29 is 0 Å². The van der Waals surface area contributed by atoms with Crippen LogP contribution in [0.4, 0.5) is 0 Å². The van der Waals surface area contributed by atoms with Crippen LogP contribution in [0.25, 0.3) is 6.08 Å². The van der Waals surface area contributed by atoms with Gasteiger partial charge in [-0.1, -0.05) is 78.8 Å². The van der Waals surface area contributed by atoms with E-state index in [9.17, 15) is 0 Å². The summed E-state index contributed by atoms with van der Waals surface area (Å²) in [6, 6.07) is 13.9. The minimum absolute atomic E-state index is 0.586. The molecule has 0 heteroatoms. The third-order valence-electron chi connectivity index (χ3n) is 9.67. The summed E-state index contributed by atoms with van der Waals surface area (Å²) in [5.41, 5.74) is 12.8. The molecule has 0 heterocycles. The van der Waals surface area contributed by atoms with Crippen molar-refractivity contribution in [2.45, 2.75) is 65.7 Å². The Balaban J connectivity index is 1.16. The SMILES string of the molecule is Cc1cccc(Cc2ccc3c(c2)C=C(C2CCC4(CC2)CC2C=CC=C2[C@H]4C)C3)c1C. The predicted octanol–water partition coefficient (Wildman–Crippen LogP) is 8.16. The van der Waals surface area contributed by atoms with Crippen LogP contribution >= 0.6 is 0 Å². The van der Waals surface area contributed by atoms with Gasteiger partial charge in [-0.15, -0.1) is 0 Å². The summed E-state index contributed by atoms with van der Waals surface area (Å²) in [7, 11) is 0. The highest BCUT2D eigenvalue weighted by atomic mass is 14.5. The Morgan fingerprint density at radius 2 is 1.88 bits per heavy atom. The molecular weight excluding hydrogens is 384 g/mol. The van der Waals surface area contributed by atoms with Crippen molar-refractivity contribution in [3.63, 3.8) is 0 Å². The second kappa shape index (κ2) is 7.62. The number of rotatable bonds is 3. The van der Waals surface area contributed by atoms with Crippen LogP contribution < -0.4 is 0 Å². The third kappa shape index (κ3) is 3.26. The summed E-state index contributed by atoms with van der Waals surface area (Å²) in [5, 5.41) is 0. The molecule has 1 unspecified atom stereocenters. The van der Waals surface area contributed by atoms with Gasteiger partial charge in [-0.25, -0.2) is 0 Å². The molecule has 0 radical (unpaired) electrons. The van der Waals surface area contributed by atoms with E-state index in [1.807, 2.05) is 0 Å². The van der Waals surface area contributed by atoms with E-state index in [4.69, 9.17) is 0 Å². The molecule has 164 valence electrons. The summed E-state index contributed by atoms with van der Waals surface area (Å²) in [6.07, 6.45) is 19.0. The number of aryl methyl sites for hydroxylation is 1. The fourth-order valence-corrected chi connectivity index (χ4v) is 7.36. The zero-order valence-electron chi connectivity index (χ0n) is 20.0. The molecule has 2 aromatic rings. The Labute approximate surface area is 194 Å². The standard InChI is InChI=1S/C32H36/c1-21-6-4-7-26(22(21)2)16-24-10-11-27-18-30(19-29(27)17-24)25-12-14-32(15-13-25)20-28-8-5-9-31(28)23(32)3/h4-11,17,19,23,25,28H,12-16,18,20H2,1-3H3/t23-,25?,28?,32?/m1/s1. The zero-order valence-corrected chi connectivity index (χ0v) is 20.0. The van der Waals surface area contributed by atoms with Gasteiger partial charge in [-0.2, -0.15) is 0 Å². The highest BCUT2D eigenvalue weighted by molar-refractivity contribution is 5.65. The van der Waals surface area contributed by atoms with Crippen LogP contribution in [0.3, 0.4) is 0 Å². The molecule has 0 amide bonds. The molecule has 2 atom stereocenters. The molecule has 4 aliphatic rings. The van der Waals surface area contributed by atoms with Gasteiger partial charge < -0.3 is 0 Å². The van der Waals surface area contributed by atoms with Gasteiger partial charge in [-0.3, -0.25) is 0 Å². The van der Waals surface area contributed by atoms with E-state index in [2.05, 4.69) is 81.5 Å². The van der Waals surface area contributed by atoms with E-state index in [-0.39, 0.29) is 0 Å². The van der Waals surface area contributed by atoms with Gasteiger partial charge in [0.25, 0.3) is 0 Å². The van der Waals surface area contributed by atoms with E-state index >= 15 is 0 Å². The van der Waals surface area contributed by atoms with Gasteiger partial charge in [-0.05, 0) is 115 Å². The average molecular weight is 421 g/mol. The lowest BCUT2D eigenvalue weighted by molar-refractivity contribution is 0.123. The van der Waals surface area contributed by atoms with Gasteiger partial charge >= 0.3 is 0 Å². The Bertz CT molecular complexity index is 1150. The molecule has 0 bridgehead atoms. The molecule has 4 aliphatic carbocycles. The minimum Gasteiger partial charge on any atom is -0.0773 e. The topological polar surface area (TPSA) is 0 Å². The lowest BCUT2D eigenvalue weighted by Crippen LogP contribution is -2.31. The summed E-state index contributed by atoms with van der Waals surface area (Å²) >= 11 is 0. The second-order valence-corrected chi connectivity index (χ2v) is 11.2. The number of benzene rings is 2. The summed E-state index contributed by atoms with van der Waals surface area (Å²) < 4.78 is 0. The number of fused-ring (bicyclic) bond motifs is 2. The van der Waals surface area contributed by atoms with Crippen LogP contribution in [-0.2, 0) is 12.8 Å². The Hall–Kier alpha value is -2.34. The normalized spacial score (nSPS) is 30.4. The molecule has 0 N–H and O–H groups in total. The summed E-state index contributed by atoms with van der Waals surface area (Å²) in [5.74, 6) is 2.34. The number of allylic oxidation sites excluding steroid dienone is 5. The van der Waals surface area contributed by atoms with Crippen LogP contribution in [0.2, 0.25) is 0 Å². The Morgan fingerprint density at radius 1 is 1.03 bits per heavy atom. The van der Waals surface area contributed by atoms with Gasteiger partial charge in [0.1, 0.15) is 0 Å². The van der Waals surface area contributed by atoms with E-state index in [1.54, 1.807) is 16.7 Å². The molecule has 0 saturated heterocycles. The van der Waals surface area contributed by atoms with Gasteiger partial charge in [0.05, 0.1) is 0 Å². The first-order valence-corrected chi connectivity index (χ1v) is 12.8. The second-order valence-electron chi connectivity index (χ2n) is 11.2. The van der Waals surface area contributed by atoms with Crippen LogP contribution in [-0.4, -0.2) is 0 Å². The molecule has 2 aromatic carbocycles. The van der Waals surface area contributed by atoms with E-state index in [0.717, 1.165) is 24.2 Å². The molecule has 1 spiro atoms. The summed E-state index contributed by atoms with van der Waals surface area (Å²) in [6.45, 7) is 7.00. The van der Waals surface area contributed by atoms with Crippen molar-refractivity contribution in [2.24, 2.45) is 23.2 Å².